The van der Waals surface area contributed by atoms with Crippen molar-refractivity contribution in [3.63, 3.8) is 0 Å². The number of allylic oxidation sites excluding steroid dienone is 2. The van der Waals surface area contributed by atoms with Gasteiger partial charge in [-0.15, -0.1) is 0 Å². The highest BCUT2D eigenvalue weighted by molar-refractivity contribution is 5.39. The molecule has 1 aliphatic heterocycles. The van der Waals surface area contributed by atoms with Crippen molar-refractivity contribution in [3.8, 4) is 6.07 Å². The zero-order chi connectivity index (χ0) is 20.5. The second kappa shape index (κ2) is 6.55. The van der Waals surface area contributed by atoms with Crippen molar-refractivity contribution in [2.45, 2.75) is 84.3 Å². The summed E-state index contributed by atoms with van der Waals surface area (Å²) in [6.45, 7) is 8.74. The first kappa shape index (κ1) is 20.0. The van der Waals surface area contributed by atoms with Gasteiger partial charge < -0.3 is 14.6 Å². The molecule has 0 aromatic heterocycles. The van der Waals surface area contributed by atoms with Crippen molar-refractivity contribution >= 4 is 0 Å². The quantitative estimate of drug-likeness (QED) is 0.666. The second-order valence-electron chi connectivity index (χ2n) is 11.2. The number of nitrogens with zero attached hydrogens (tertiary/aromatic N) is 1. The first-order valence-corrected chi connectivity index (χ1v) is 11.9. The summed E-state index contributed by atoms with van der Waals surface area (Å²) in [6.07, 6.45) is 9.49. The molecule has 0 bridgehead atoms. The molecule has 160 valence electrons. The first-order chi connectivity index (χ1) is 13.8. The van der Waals surface area contributed by atoms with Crippen LogP contribution in [-0.4, -0.2) is 30.7 Å². The Morgan fingerprint density at radius 2 is 1.86 bits per heavy atom. The first-order valence-electron chi connectivity index (χ1n) is 11.9. The van der Waals surface area contributed by atoms with Gasteiger partial charge in [0.2, 0.25) is 0 Å². The summed E-state index contributed by atoms with van der Waals surface area (Å²) in [4.78, 5) is 0. The highest BCUT2D eigenvalue weighted by Crippen LogP contribution is 2.70. The number of ether oxygens (including phenoxy) is 2. The van der Waals surface area contributed by atoms with Crippen LogP contribution in [-0.2, 0) is 9.47 Å². The lowest BCUT2D eigenvalue weighted by Crippen LogP contribution is -2.55. The molecule has 29 heavy (non-hydrogen) atoms. The number of rotatable bonds is 2. The maximum atomic E-state index is 10.4. The van der Waals surface area contributed by atoms with Crippen LogP contribution in [0.25, 0.3) is 0 Å². The lowest BCUT2D eigenvalue weighted by molar-refractivity contribution is -0.217. The molecule has 4 heteroatoms. The zero-order valence-corrected chi connectivity index (χ0v) is 18.4. The average Bonchev–Trinajstić information content (AvgIpc) is 3.32. The van der Waals surface area contributed by atoms with Gasteiger partial charge in [0.1, 0.15) is 0 Å². The standard InChI is InChI=1S/C25H37NO3/c1-17(14-27)19-4-5-20-18-6-9-24(16-26)15-25(28-12-13-29-25)11-10-23(24,3)21(18)7-8-22(19,20)2/h17,19-20,27H,4-15H2,1-3H3/t17-,19?,20?,22-,23-,24?/m1/s1. The number of aliphatic hydroxyl groups is 1. The van der Waals surface area contributed by atoms with Crippen LogP contribution >= 0.6 is 0 Å². The van der Waals surface area contributed by atoms with Crippen molar-refractivity contribution in [2.75, 3.05) is 19.8 Å². The summed E-state index contributed by atoms with van der Waals surface area (Å²) in [5.74, 6) is 1.15. The van der Waals surface area contributed by atoms with Gasteiger partial charge in [0.15, 0.2) is 5.79 Å². The van der Waals surface area contributed by atoms with Gasteiger partial charge in [0.05, 0.1) is 24.7 Å². The maximum absolute atomic E-state index is 10.4. The van der Waals surface area contributed by atoms with E-state index in [0.29, 0.717) is 43.0 Å². The van der Waals surface area contributed by atoms with Gasteiger partial charge in [-0.1, -0.05) is 31.9 Å². The van der Waals surface area contributed by atoms with Crippen molar-refractivity contribution in [1.29, 1.82) is 5.26 Å². The van der Waals surface area contributed by atoms with Crippen LogP contribution in [0.3, 0.4) is 0 Å². The second-order valence-corrected chi connectivity index (χ2v) is 11.2. The Morgan fingerprint density at radius 1 is 1.10 bits per heavy atom. The molecule has 0 aromatic rings. The minimum atomic E-state index is -0.508. The van der Waals surface area contributed by atoms with E-state index >= 15 is 0 Å². The highest BCUT2D eigenvalue weighted by Gasteiger charge is 2.64. The largest absolute Gasteiger partial charge is 0.396 e. The fourth-order valence-electron chi connectivity index (χ4n) is 8.52. The predicted molar refractivity (Wildman–Crippen MR) is 111 cm³/mol. The molecule has 1 N–H and O–H groups in total. The monoisotopic (exact) mass is 399 g/mol. The summed E-state index contributed by atoms with van der Waals surface area (Å²) in [5.41, 5.74) is 3.23. The normalized spacial score (nSPS) is 46.7. The summed E-state index contributed by atoms with van der Waals surface area (Å²) < 4.78 is 12.1. The van der Waals surface area contributed by atoms with Crippen LogP contribution in [0.1, 0.15) is 78.6 Å². The van der Waals surface area contributed by atoms with E-state index in [9.17, 15) is 10.4 Å². The molecule has 4 nitrogen and oxygen atoms in total. The molecule has 1 spiro atoms. The van der Waals surface area contributed by atoms with Gasteiger partial charge in [0, 0.05) is 24.9 Å². The fourth-order valence-corrected chi connectivity index (χ4v) is 8.52. The van der Waals surface area contributed by atoms with Gasteiger partial charge >= 0.3 is 0 Å². The minimum absolute atomic E-state index is 0.0437. The smallest absolute Gasteiger partial charge is 0.170 e. The molecule has 5 rings (SSSR count). The molecular weight excluding hydrogens is 362 g/mol. The van der Waals surface area contributed by atoms with Crippen LogP contribution in [0.15, 0.2) is 11.1 Å². The lowest BCUT2D eigenvalue weighted by Gasteiger charge is -2.59. The van der Waals surface area contributed by atoms with E-state index in [-0.39, 0.29) is 10.8 Å². The van der Waals surface area contributed by atoms with Crippen molar-refractivity contribution in [1.82, 2.24) is 0 Å². The lowest BCUT2D eigenvalue weighted by atomic mass is 9.45. The third-order valence-corrected chi connectivity index (χ3v) is 10.3. The Kier molecular flexibility index (Phi) is 4.53. The molecule has 3 unspecified atom stereocenters. The van der Waals surface area contributed by atoms with E-state index in [1.807, 2.05) is 0 Å². The van der Waals surface area contributed by atoms with E-state index in [4.69, 9.17) is 9.47 Å². The average molecular weight is 400 g/mol. The molecule has 0 radical (unpaired) electrons. The summed E-state index contributed by atoms with van der Waals surface area (Å²) in [6, 6.07) is 2.82. The van der Waals surface area contributed by atoms with Gasteiger partial charge in [-0.2, -0.15) is 5.26 Å². The summed E-state index contributed by atoms with van der Waals surface area (Å²) in [5, 5.41) is 20.3. The van der Waals surface area contributed by atoms with E-state index in [1.165, 1.54) is 19.3 Å². The topological polar surface area (TPSA) is 62.5 Å². The van der Waals surface area contributed by atoms with Crippen LogP contribution in [0.4, 0.5) is 0 Å². The van der Waals surface area contributed by atoms with Crippen LogP contribution in [0, 0.1) is 45.3 Å². The number of hydrogen-bond donors (Lipinski definition) is 1. The molecule has 1 heterocycles. The van der Waals surface area contributed by atoms with Crippen molar-refractivity contribution < 1.29 is 14.6 Å². The highest BCUT2D eigenvalue weighted by atomic mass is 16.7. The van der Waals surface area contributed by atoms with E-state index in [0.717, 1.165) is 38.5 Å². The van der Waals surface area contributed by atoms with Crippen LogP contribution in [0.2, 0.25) is 0 Å². The Hall–Kier alpha value is -0.890. The maximum Gasteiger partial charge on any atom is 0.170 e. The molecule has 5 aliphatic rings. The Labute approximate surface area is 175 Å². The molecule has 1 saturated heterocycles. The fraction of sp³-hybridized carbons (Fsp3) is 0.880. The molecule has 2 saturated carbocycles. The molecule has 0 amide bonds. The summed E-state index contributed by atoms with van der Waals surface area (Å²) >= 11 is 0. The Morgan fingerprint density at radius 3 is 2.55 bits per heavy atom. The number of aliphatic hydroxyl groups excluding tert-OH is 1. The number of nitriles is 1. The molecular formula is C25H37NO3. The van der Waals surface area contributed by atoms with Crippen LogP contribution in [0.5, 0.6) is 0 Å². The van der Waals surface area contributed by atoms with E-state index in [2.05, 4.69) is 26.8 Å². The predicted octanol–water partition coefficient (Wildman–Crippen LogP) is 4.97. The SMILES string of the molecule is C[C@H](CO)C1CCC2C3=C(CC[C@@]21C)[C@@]1(C)CCC2(CC1(C#N)CC3)OCCO2. The third kappa shape index (κ3) is 2.54. The third-order valence-electron chi connectivity index (χ3n) is 10.3. The number of fused-ring (bicyclic) bond motifs is 4. The van der Waals surface area contributed by atoms with Gasteiger partial charge in [-0.3, -0.25) is 0 Å². The molecule has 3 fully saturated rings. The van der Waals surface area contributed by atoms with Crippen molar-refractivity contribution in [2.24, 2.45) is 34.0 Å². The Bertz CT molecular complexity index is 763. The van der Waals surface area contributed by atoms with E-state index in [1.54, 1.807) is 11.1 Å². The minimum Gasteiger partial charge on any atom is -0.396 e. The summed E-state index contributed by atoms with van der Waals surface area (Å²) in [7, 11) is 0. The molecule has 0 aromatic carbocycles. The molecule has 6 atom stereocenters. The van der Waals surface area contributed by atoms with Crippen molar-refractivity contribution in [3.05, 3.63) is 11.1 Å². The van der Waals surface area contributed by atoms with Crippen LogP contribution < -0.4 is 0 Å². The zero-order valence-electron chi connectivity index (χ0n) is 18.4. The van der Waals surface area contributed by atoms with Gasteiger partial charge in [0.25, 0.3) is 0 Å². The van der Waals surface area contributed by atoms with Gasteiger partial charge in [-0.25, -0.2) is 0 Å². The molecule has 4 aliphatic carbocycles. The Balaban J connectivity index is 1.52. The number of hydrogen-bond acceptors (Lipinski definition) is 4. The van der Waals surface area contributed by atoms with E-state index < -0.39 is 5.79 Å². The van der Waals surface area contributed by atoms with Gasteiger partial charge in [-0.05, 0) is 68.1 Å².